The van der Waals surface area contributed by atoms with Gasteiger partial charge in [0, 0.05) is 18.2 Å². The Morgan fingerprint density at radius 2 is 2.00 bits per heavy atom. The summed E-state index contributed by atoms with van der Waals surface area (Å²) in [5, 5.41) is 7.67. The average molecular weight is 420 g/mol. The molecule has 0 radical (unpaired) electrons. The summed E-state index contributed by atoms with van der Waals surface area (Å²) in [6.07, 6.45) is 8.25. The summed E-state index contributed by atoms with van der Waals surface area (Å²) in [6, 6.07) is 7.89. The molecule has 1 aliphatic carbocycles. The van der Waals surface area contributed by atoms with Crippen LogP contribution in [0.15, 0.2) is 47.5 Å². The quantitative estimate of drug-likeness (QED) is 0.547. The molecule has 1 amide bonds. The molecule has 0 unspecified atom stereocenters. The summed E-state index contributed by atoms with van der Waals surface area (Å²) in [5.41, 5.74) is 1.56. The fourth-order valence-electron chi connectivity index (χ4n) is 4.26. The van der Waals surface area contributed by atoms with E-state index >= 15 is 0 Å². The number of pyridine rings is 2. The molecule has 0 saturated heterocycles. The van der Waals surface area contributed by atoms with E-state index in [4.69, 9.17) is 0 Å². The smallest absolute Gasteiger partial charge is 0.283 e. The van der Waals surface area contributed by atoms with Gasteiger partial charge in [0.1, 0.15) is 29.5 Å². The second-order valence-electron chi connectivity index (χ2n) is 7.85. The van der Waals surface area contributed by atoms with Crippen LogP contribution in [0.2, 0.25) is 0 Å². The lowest BCUT2D eigenvalue weighted by atomic mass is 9.87. The zero-order valence-electron chi connectivity index (χ0n) is 16.8. The monoisotopic (exact) mass is 420 g/mol. The van der Waals surface area contributed by atoms with E-state index in [0.717, 1.165) is 37.6 Å². The molecule has 4 aromatic rings. The highest BCUT2D eigenvalue weighted by atomic mass is 19.1. The molecule has 0 atom stereocenters. The van der Waals surface area contributed by atoms with Crippen molar-refractivity contribution in [3.8, 4) is 0 Å². The van der Waals surface area contributed by atoms with Crippen molar-refractivity contribution in [1.82, 2.24) is 24.1 Å². The number of rotatable bonds is 4. The van der Waals surface area contributed by atoms with E-state index < -0.39 is 5.82 Å². The Hall–Kier alpha value is -3.62. The molecular formula is C22H21FN6O2. The van der Waals surface area contributed by atoms with E-state index in [0.29, 0.717) is 22.6 Å². The molecule has 1 aliphatic rings. The van der Waals surface area contributed by atoms with E-state index in [1.165, 1.54) is 23.1 Å². The molecule has 158 valence electrons. The minimum atomic E-state index is -0.482. The van der Waals surface area contributed by atoms with Crippen molar-refractivity contribution < 1.29 is 9.18 Å². The summed E-state index contributed by atoms with van der Waals surface area (Å²) in [6.45, 7) is -0.0911. The van der Waals surface area contributed by atoms with E-state index in [2.05, 4.69) is 20.4 Å². The minimum absolute atomic E-state index is 0.0911. The van der Waals surface area contributed by atoms with E-state index in [1.807, 2.05) is 6.07 Å². The SMILES string of the molecule is O=C(Cn1c2ncccc2c(=O)n2nc(C3CCCCC3)cc12)Nc1ccc(F)cn1. The standard InChI is InChI=1S/C22H21FN6O2/c23-15-8-9-18(25-12-15)26-19(30)13-28-20-11-17(14-5-2-1-3-6-14)27-29(20)22(31)16-7-4-10-24-21(16)28/h4,7-12,14H,1-3,5-6,13H2,(H,25,26,30). The van der Waals surface area contributed by atoms with Crippen molar-refractivity contribution in [3.05, 3.63) is 64.6 Å². The van der Waals surface area contributed by atoms with Crippen molar-refractivity contribution in [2.45, 2.75) is 44.6 Å². The van der Waals surface area contributed by atoms with Crippen molar-refractivity contribution >= 4 is 28.4 Å². The topological polar surface area (TPSA) is 94.2 Å². The Morgan fingerprint density at radius 1 is 1.16 bits per heavy atom. The first-order valence-corrected chi connectivity index (χ1v) is 10.4. The van der Waals surface area contributed by atoms with Crippen LogP contribution in [0.1, 0.15) is 43.7 Å². The van der Waals surface area contributed by atoms with Gasteiger partial charge in [-0.05, 0) is 37.1 Å². The van der Waals surface area contributed by atoms with Crippen LogP contribution in [-0.2, 0) is 11.3 Å². The molecule has 1 N–H and O–H groups in total. The lowest BCUT2D eigenvalue weighted by molar-refractivity contribution is -0.116. The zero-order valence-corrected chi connectivity index (χ0v) is 16.8. The van der Waals surface area contributed by atoms with Gasteiger partial charge < -0.3 is 9.88 Å². The second kappa shape index (κ2) is 7.90. The number of carbonyl (C=O) groups excluding carboxylic acids is 1. The van der Waals surface area contributed by atoms with Crippen molar-refractivity contribution in [3.63, 3.8) is 0 Å². The predicted octanol–water partition coefficient (Wildman–Crippen LogP) is 3.26. The molecule has 31 heavy (non-hydrogen) atoms. The summed E-state index contributed by atoms with van der Waals surface area (Å²) >= 11 is 0. The van der Waals surface area contributed by atoms with Crippen LogP contribution in [0.4, 0.5) is 10.2 Å². The molecule has 9 heteroatoms. The number of hydrogen-bond acceptors (Lipinski definition) is 5. The molecule has 4 aromatic heterocycles. The van der Waals surface area contributed by atoms with Gasteiger partial charge in [0.05, 0.1) is 17.3 Å². The molecular weight excluding hydrogens is 399 g/mol. The average Bonchev–Trinajstić information content (AvgIpc) is 3.25. The second-order valence-corrected chi connectivity index (χ2v) is 7.85. The Morgan fingerprint density at radius 3 is 2.77 bits per heavy atom. The highest BCUT2D eigenvalue weighted by molar-refractivity contribution is 5.91. The number of fused-ring (bicyclic) bond motifs is 2. The van der Waals surface area contributed by atoms with Gasteiger partial charge in [-0.25, -0.2) is 14.4 Å². The highest BCUT2D eigenvalue weighted by Gasteiger charge is 2.22. The van der Waals surface area contributed by atoms with Crippen molar-refractivity contribution in [1.29, 1.82) is 0 Å². The van der Waals surface area contributed by atoms with Gasteiger partial charge >= 0.3 is 0 Å². The molecule has 5 rings (SSSR count). The molecule has 0 spiro atoms. The molecule has 0 aromatic carbocycles. The Labute approximate surface area is 176 Å². The summed E-state index contributed by atoms with van der Waals surface area (Å²) in [7, 11) is 0. The molecule has 8 nitrogen and oxygen atoms in total. The fourth-order valence-corrected chi connectivity index (χ4v) is 4.26. The fraction of sp³-hybridized carbons (Fsp3) is 0.318. The normalized spacial score (nSPS) is 14.9. The number of nitrogens with one attached hydrogen (secondary N) is 1. The summed E-state index contributed by atoms with van der Waals surface area (Å²) in [5.74, 6) is -0.284. The van der Waals surface area contributed by atoms with Crippen LogP contribution in [0.3, 0.4) is 0 Å². The number of nitrogens with zero attached hydrogens (tertiary/aromatic N) is 5. The lowest BCUT2D eigenvalue weighted by Crippen LogP contribution is -2.25. The van der Waals surface area contributed by atoms with Crippen LogP contribution < -0.4 is 10.9 Å². The number of amides is 1. The van der Waals surface area contributed by atoms with E-state index in [-0.39, 0.29) is 23.8 Å². The Bertz CT molecular complexity index is 1320. The zero-order chi connectivity index (χ0) is 21.4. The molecule has 4 heterocycles. The largest absolute Gasteiger partial charge is 0.309 e. The van der Waals surface area contributed by atoms with Gasteiger partial charge in [0.2, 0.25) is 5.91 Å². The lowest BCUT2D eigenvalue weighted by Gasteiger charge is -2.18. The van der Waals surface area contributed by atoms with Gasteiger partial charge in [-0.2, -0.15) is 9.61 Å². The number of halogens is 1. The van der Waals surface area contributed by atoms with Crippen LogP contribution in [-0.4, -0.2) is 30.1 Å². The first-order chi connectivity index (χ1) is 15.1. The molecule has 0 bridgehead atoms. The molecule has 1 fully saturated rings. The number of hydrogen-bond donors (Lipinski definition) is 1. The Kier molecular flexibility index (Phi) is 4.93. The summed E-state index contributed by atoms with van der Waals surface area (Å²) < 4.78 is 16.1. The van der Waals surface area contributed by atoms with Gasteiger partial charge in [0.15, 0.2) is 0 Å². The van der Waals surface area contributed by atoms with Gasteiger partial charge in [-0.15, -0.1) is 0 Å². The highest BCUT2D eigenvalue weighted by Crippen LogP contribution is 2.32. The first-order valence-electron chi connectivity index (χ1n) is 10.4. The number of anilines is 1. The molecule has 1 saturated carbocycles. The Balaban J connectivity index is 1.58. The van der Waals surface area contributed by atoms with Gasteiger partial charge in [-0.3, -0.25) is 9.59 Å². The maximum Gasteiger partial charge on any atom is 0.283 e. The van der Waals surface area contributed by atoms with Crippen molar-refractivity contribution in [2.75, 3.05) is 5.32 Å². The number of aromatic nitrogens is 5. The van der Waals surface area contributed by atoms with Crippen LogP contribution in [0.5, 0.6) is 0 Å². The van der Waals surface area contributed by atoms with Crippen LogP contribution >= 0.6 is 0 Å². The maximum atomic E-state index is 13.1. The van der Waals surface area contributed by atoms with Crippen LogP contribution in [0, 0.1) is 5.82 Å². The number of carbonyl (C=O) groups is 1. The van der Waals surface area contributed by atoms with Crippen molar-refractivity contribution in [2.24, 2.45) is 0 Å². The van der Waals surface area contributed by atoms with Crippen LogP contribution in [0.25, 0.3) is 16.7 Å². The third-order valence-electron chi connectivity index (χ3n) is 5.77. The third kappa shape index (κ3) is 3.67. The van der Waals surface area contributed by atoms with E-state index in [9.17, 15) is 14.0 Å². The third-order valence-corrected chi connectivity index (χ3v) is 5.77. The predicted molar refractivity (Wildman–Crippen MR) is 113 cm³/mol. The molecule has 0 aliphatic heterocycles. The minimum Gasteiger partial charge on any atom is -0.309 e. The maximum absolute atomic E-state index is 13.1. The van der Waals surface area contributed by atoms with E-state index in [1.54, 1.807) is 22.9 Å². The first kappa shape index (κ1) is 19.3. The van der Waals surface area contributed by atoms with Gasteiger partial charge in [0.25, 0.3) is 5.56 Å². The van der Waals surface area contributed by atoms with Gasteiger partial charge in [-0.1, -0.05) is 19.3 Å². The summed E-state index contributed by atoms with van der Waals surface area (Å²) in [4.78, 5) is 34.0.